The van der Waals surface area contributed by atoms with Crippen LogP contribution in [0.5, 0.6) is 0 Å². The molecular formula is C5H6Br6. The maximum atomic E-state index is 3.48. The molecule has 0 N–H and O–H groups in total. The summed E-state index contributed by atoms with van der Waals surface area (Å²) in [6, 6.07) is 0. The van der Waals surface area contributed by atoms with Crippen LogP contribution in [0.2, 0.25) is 0 Å². The second-order valence-electron chi connectivity index (χ2n) is 2.62. The van der Waals surface area contributed by atoms with Gasteiger partial charge >= 0.3 is 0 Å². The summed E-state index contributed by atoms with van der Waals surface area (Å²) in [5, 5.41) is 0. The Morgan fingerprint density at radius 3 is 0.818 bits per heavy atom. The van der Waals surface area contributed by atoms with Crippen LogP contribution in [0.4, 0.5) is 0 Å². The van der Waals surface area contributed by atoms with Gasteiger partial charge < -0.3 is 0 Å². The predicted molar refractivity (Wildman–Crippen MR) is 72.8 cm³/mol. The molecule has 0 aromatic heterocycles. The average Bonchev–Trinajstić information content (AvgIpc) is 1.58. The molecule has 0 fully saturated rings. The molecule has 0 spiro atoms. The molecule has 0 aliphatic heterocycles. The first kappa shape index (κ1) is 13.9. The fraction of sp³-hybridized carbons (Fsp3) is 1.00. The van der Waals surface area contributed by atoms with E-state index in [0.717, 1.165) is 0 Å². The van der Waals surface area contributed by atoms with Crippen LogP contribution < -0.4 is 0 Å². The second-order valence-corrected chi connectivity index (χ2v) is 16.1. The monoisotopic (exact) mass is 540 g/mol. The average molecular weight is 546 g/mol. The van der Waals surface area contributed by atoms with Crippen molar-refractivity contribution in [3.8, 4) is 0 Å². The molecule has 0 unspecified atom stereocenters. The van der Waals surface area contributed by atoms with Gasteiger partial charge in [0.25, 0.3) is 0 Å². The molecule has 0 saturated heterocycles. The summed E-state index contributed by atoms with van der Waals surface area (Å²) in [4.78, 5) is 0. The summed E-state index contributed by atoms with van der Waals surface area (Å²) in [6.45, 7) is 4.15. The van der Waals surface area contributed by atoms with E-state index in [4.69, 9.17) is 0 Å². The van der Waals surface area contributed by atoms with E-state index in [2.05, 4.69) is 109 Å². The van der Waals surface area contributed by atoms with Crippen molar-refractivity contribution in [2.24, 2.45) is 5.41 Å². The van der Waals surface area contributed by atoms with E-state index in [0.29, 0.717) is 0 Å². The number of halogens is 6. The van der Waals surface area contributed by atoms with E-state index in [1.807, 2.05) is 0 Å². The topological polar surface area (TPSA) is 0 Å². The van der Waals surface area contributed by atoms with Crippen molar-refractivity contribution in [3.05, 3.63) is 0 Å². The van der Waals surface area contributed by atoms with Crippen LogP contribution in [0, 0.1) is 5.41 Å². The van der Waals surface area contributed by atoms with Crippen molar-refractivity contribution >= 4 is 95.6 Å². The Balaban J connectivity index is 4.75. The van der Waals surface area contributed by atoms with Gasteiger partial charge in [0.05, 0.1) is 0 Å². The van der Waals surface area contributed by atoms with Gasteiger partial charge in [-0.05, 0) is 0 Å². The van der Waals surface area contributed by atoms with Crippen LogP contribution in [0.25, 0.3) is 0 Å². The second kappa shape index (κ2) is 4.17. The third-order valence-electron chi connectivity index (χ3n) is 1.42. The lowest BCUT2D eigenvalue weighted by molar-refractivity contribution is 0.437. The molecule has 0 aliphatic rings. The van der Waals surface area contributed by atoms with Gasteiger partial charge in [0.1, 0.15) is 4.29 Å². The Morgan fingerprint density at radius 2 is 0.818 bits per heavy atom. The molecule has 68 valence electrons. The molecule has 0 aromatic rings. The third-order valence-corrected chi connectivity index (χ3v) is 7.36. The van der Waals surface area contributed by atoms with Crippen LogP contribution in [0.1, 0.15) is 13.8 Å². The fourth-order valence-corrected chi connectivity index (χ4v) is 4.34. The molecule has 0 heterocycles. The molecule has 6 heteroatoms. The molecule has 0 aromatic carbocycles. The Hall–Kier alpha value is 2.88. The first-order valence-corrected chi connectivity index (χ1v) is 7.39. The molecule has 0 aliphatic carbocycles. The quantitative estimate of drug-likeness (QED) is 0.343. The van der Waals surface area contributed by atoms with Crippen LogP contribution in [0.3, 0.4) is 0 Å². The SMILES string of the molecule is CC(C)(C(Br)(Br)Br)C(Br)(Br)Br. The zero-order chi connectivity index (χ0) is 9.50. The van der Waals surface area contributed by atoms with Gasteiger partial charge in [0.2, 0.25) is 0 Å². The highest BCUT2D eigenvalue weighted by atomic mass is 80.0. The van der Waals surface area contributed by atoms with Crippen molar-refractivity contribution in [1.29, 1.82) is 0 Å². The van der Waals surface area contributed by atoms with Gasteiger partial charge in [0.15, 0.2) is 0 Å². The lowest BCUT2D eigenvalue weighted by atomic mass is 10.0. The van der Waals surface area contributed by atoms with Gasteiger partial charge in [-0.1, -0.05) is 109 Å². The summed E-state index contributed by atoms with van der Waals surface area (Å²) in [6.07, 6.45) is 0. The Morgan fingerprint density at radius 1 is 0.636 bits per heavy atom. The van der Waals surface area contributed by atoms with Gasteiger partial charge in [-0.15, -0.1) is 0 Å². The summed E-state index contributed by atoms with van der Waals surface area (Å²) >= 11 is 20.9. The van der Waals surface area contributed by atoms with Crippen molar-refractivity contribution in [1.82, 2.24) is 0 Å². The van der Waals surface area contributed by atoms with Crippen LogP contribution >= 0.6 is 95.6 Å². The van der Waals surface area contributed by atoms with Crippen molar-refractivity contribution < 1.29 is 0 Å². The lowest BCUT2D eigenvalue weighted by Gasteiger charge is -2.40. The maximum Gasteiger partial charge on any atom is 0.143 e. The molecule has 0 bridgehead atoms. The standard InChI is InChI=1S/C5H6Br6/c1-3(2,4(6,7)8)5(9,10)11/h1-2H3. The molecule has 0 saturated carbocycles. The highest BCUT2D eigenvalue weighted by molar-refractivity contribution is 9.40. The molecule has 0 radical (unpaired) electrons. The Bertz CT molecular complexity index is 122. The van der Waals surface area contributed by atoms with Gasteiger partial charge in [-0.25, -0.2) is 0 Å². The van der Waals surface area contributed by atoms with E-state index < -0.39 is 0 Å². The van der Waals surface area contributed by atoms with Gasteiger partial charge in [-0.3, -0.25) is 0 Å². The lowest BCUT2D eigenvalue weighted by Crippen LogP contribution is -2.38. The van der Waals surface area contributed by atoms with Crippen molar-refractivity contribution in [2.45, 2.75) is 18.1 Å². The molecule has 11 heavy (non-hydrogen) atoms. The van der Waals surface area contributed by atoms with Crippen LogP contribution in [-0.4, -0.2) is 4.29 Å². The summed E-state index contributed by atoms with van der Waals surface area (Å²) in [5.41, 5.74) is -0.125. The zero-order valence-corrected chi connectivity index (χ0v) is 15.3. The van der Waals surface area contributed by atoms with Gasteiger partial charge in [0, 0.05) is 5.41 Å². The number of hydrogen-bond donors (Lipinski definition) is 0. The normalized spacial score (nSPS) is 15.3. The molecular weight excluding hydrogens is 539 g/mol. The van der Waals surface area contributed by atoms with E-state index in [9.17, 15) is 0 Å². The van der Waals surface area contributed by atoms with Crippen LogP contribution in [0.15, 0.2) is 0 Å². The number of hydrogen-bond acceptors (Lipinski definition) is 0. The smallest absolute Gasteiger partial charge is 0.0592 e. The Labute approximate surface area is 117 Å². The highest BCUT2D eigenvalue weighted by Gasteiger charge is 2.51. The minimum atomic E-state index is -0.323. The van der Waals surface area contributed by atoms with E-state index in [1.165, 1.54) is 0 Å². The van der Waals surface area contributed by atoms with E-state index >= 15 is 0 Å². The summed E-state index contributed by atoms with van der Waals surface area (Å²) < 4.78 is -0.646. The zero-order valence-electron chi connectivity index (χ0n) is 5.77. The fourth-order valence-electron chi connectivity index (χ4n) is 0.161. The minimum Gasteiger partial charge on any atom is -0.0592 e. The number of rotatable bonds is 0. The molecule has 0 nitrogen and oxygen atoms in total. The summed E-state index contributed by atoms with van der Waals surface area (Å²) in [5.74, 6) is 0. The maximum absolute atomic E-state index is 3.48. The van der Waals surface area contributed by atoms with Crippen LogP contribution in [-0.2, 0) is 0 Å². The van der Waals surface area contributed by atoms with Crippen molar-refractivity contribution in [3.63, 3.8) is 0 Å². The third kappa shape index (κ3) is 3.50. The van der Waals surface area contributed by atoms with E-state index in [-0.39, 0.29) is 9.70 Å². The van der Waals surface area contributed by atoms with Gasteiger partial charge in [-0.2, -0.15) is 0 Å². The van der Waals surface area contributed by atoms with Crippen molar-refractivity contribution in [2.75, 3.05) is 0 Å². The minimum absolute atomic E-state index is 0.125. The molecule has 0 rings (SSSR count). The highest BCUT2D eigenvalue weighted by Crippen LogP contribution is 2.62. The largest absolute Gasteiger partial charge is 0.143 e. The summed E-state index contributed by atoms with van der Waals surface area (Å²) in [7, 11) is 0. The first-order chi connectivity index (χ1) is 4.50. The first-order valence-electron chi connectivity index (χ1n) is 2.63. The molecule has 0 amide bonds. The molecule has 0 atom stereocenters. The van der Waals surface area contributed by atoms with E-state index in [1.54, 1.807) is 0 Å². The predicted octanol–water partition coefficient (Wildman–Crippen LogP) is 5.69. The number of alkyl halides is 6. The Kier molecular flexibility index (Phi) is 5.26.